The molecule has 1 aliphatic carbocycles. The van der Waals surface area contributed by atoms with Gasteiger partial charge < -0.3 is 0 Å². The van der Waals surface area contributed by atoms with Crippen LogP contribution in [-0.2, 0) is 19.3 Å². The summed E-state index contributed by atoms with van der Waals surface area (Å²) in [4.78, 5) is 0.870. The lowest BCUT2D eigenvalue weighted by atomic mass is 10.0. The number of aryl methyl sites for hydroxylation is 3. The van der Waals surface area contributed by atoms with Crippen LogP contribution in [0.1, 0.15) is 23.9 Å². The van der Waals surface area contributed by atoms with Crippen LogP contribution in [0.15, 0.2) is 30.3 Å². The zero-order chi connectivity index (χ0) is 14.7. The molecule has 4 nitrogen and oxygen atoms in total. The van der Waals surface area contributed by atoms with Crippen molar-refractivity contribution in [2.45, 2.75) is 26.2 Å². The topological polar surface area (TPSA) is 43.1 Å². The second-order valence-electron chi connectivity index (χ2n) is 5.68. The number of fused-ring (bicyclic) bond motifs is 1. The maximum absolute atomic E-state index is 4.75. The SMILES string of the molecule is CCc1nnc2sc(-c3ccc4c5c(cccc35)CC4)nn12. The van der Waals surface area contributed by atoms with Crippen LogP contribution < -0.4 is 0 Å². The van der Waals surface area contributed by atoms with Crippen molar-refractivity contribution in [1.82, 2.24) is 19.8 Å². The molecule has 4 aromatic rings. The minimum absolute atomic E-state index is 0.841. The van der Waals surface area contributed by atoms with Crippen LogP contribution in [-0.4, -0.2) is 19.8 Å². The molecule has 2 aromatic carbocycles. The molecule has 0 atom stereocenters. The zero-order valence-corrected chi connectivity index (χ0v) is 13.0. The maximum atomic E-state index is 4.75. The molecule has 0 aliphatic heterocycles. The van der Waals surface area contributed by atoms with Gasteiger partial charge in [-0.3, -0.25) is 0 Å². The van der Waals surface area contributed by atoms with Crippen molar-refractivity contribution in [3.8, 4) is 10.6 Å². The first kappa shape index (κ1) is 12.3. The van der Waals surface area contributed by atoms with Crippen molar-refractivity contribution in [2.75, 3.05) is 0 Å². The third-order valence-corrected chi connectivity index (χ3v) is 5.41. The maximum Gasteiger partial charge on any atom is 0.234 e. The molecule has 1 aliphatic rings. The van der Waals surface area contributed by atoms with Crippen LogP contribution in [0.4, 0.5) is 0 Å². The van der Waals surface area contributed by atoms with Crippen molar-refractivity contribution >= 4 is 27.1 Å². The van der Waals surface area contributed by atoms with Gasteiger partial charge in [0.1, 0.15) is 5.01 Å². The Morgan fingerprint density at radius 3 is 2.82 bits per heavy atom. The van der Waals surface area contributed by atoms with Crippen LogP contribution in [0, 0.1) is 0 Å². The molecule has 0 spiro atoms. The number of aromatic nitrogens is 4. The van der Waals surface area contributed by atoms with Crippen LogP contribution in [0.2, 0.25) is 0 Å². The molecule has 0 unspecified atom stereocenters. The lowest BCUT2D eigenvalue weighted by Crippen LogP contribution is -1.93. The Bertz CT molecular complexity index is 1020. The number of benzene rings is 2. The van der Waals surface area contributed by atoms with Gasteiger partial charge in [-0.15, -0.1) is 10.2 Å². The Labute approximate surface area is 131 Å². The Morgan fingerprint density at radius 2 is 1.95 bits per heavy atom. The highest BCUT2D eigenvalue weighted by molar-refractivity contribution is 7.19. The molecule has 2 heterocycles. The Balaban J connectivity index is 1.81. The molecule has 0 N–H and O–H groups in total. The first-order valence-electron chi connectivity index (χ1n) is 7.60. The molecular formula is C17H14N4S. The average Bonchev–Trinajstić information content (AvgIpc) is 3.22. The molecule has 0 radical (unpaired) electrons. The third kappa shape index (κ3) is 1.54. The van der Waals surface area contributed by atoms with Crippen molar-refractivity contribution in [1.29, 1.82) is 0 Å². The molecule has 5 heteroatoms. The predicted octanol–water partition coefficient (Wildman–Crippen LogP) is 3.67. The predicted molar refractivity (Wildman–Crippen MR) is 88.4 cm³/mol. The quantitative estimate of drug-likeness (QED) is 0.567. The molecule has 0 saturated heterocycles. The van der Waals surface area contributed by atoms with Crippen molar-refractivity contribution in [2.24, 2.45) is 0 Å². The summed E-state index contributed by atoms with van der Waals surface area (Å²) in [6, 6.07) is 11.1. The van der Waals surface area contributed by atoms with Gasteiger partial charge in [0.15, 0.2) is 5.82 Å². The van der Waals surface area contributed by atoms with Crippen LogP contribution in [0.25, 0.3) is 26.3 Å². The summed E-state index contributed by atoms with van der Waals surface area (Å²) >= 11 is 1.61. The second-order valence-corrected chi connectivity index (χ2v) is 6.64. The smallest absolute Gasteiger partial charge is 0.187 e. The number of hydrogen-bond acceptors (Lipinski definition) is 4. The molecule has 0 fully saturated rings. The molecule has 2 aromatic heterocycles. The van der Waals surface area contributed by atoms with E-state index in [0.717, 1.165) is 35.1 Å². The van der Waals surface area contributed by atoms with Gasteiger partial charge in [0.05, 0.1) is 0 Å². The number of nitrogens with zero attached hydrogens (tertiary/aromatic N) is 4. The van der Waals surface area contributed by atoms with Crippen LogP contribution in [0.5, 0.6) is 0 Å². The monoisotopic (exact) mass is 306 g/mol. The Kier molecular flexibility index (Phi) is 2.44. The van der Waals surface area contributed by atoms with Gasteiger partial charge in [-0.2, -0.15) is 9.61 Å². The average molecular weight is 306 g/mol. The van der Waals surface area contributed by atoms with Crippen LogP contribution >= 0.6 is 11.3 Å². The second kappa shape index (κ2) is 4.36. The van der Waals surface area contributed by atoms with Crippen LogP contribution in [0.3, 0.4) is 0 Å². The van der Waals surface area contributed by atoms with E-state index in [9.17, 15) is 0 Å². The van der Waals surface area contributed by atoms with Gasteiger partial charge >= 0.3 is 0 Å². The van der Waals surface area contributed by atoms with Gasteiger partial charge in [-0.1, -0.05) is 48.6 Å². The van der Waals surface area contributed by atoms with Gasteiger partial charge in [0.2, 0.25) is 4.96 Å². The normalized spacial score (nSPS) is 13.5. The molecule has 108 valence electrons. The molecular weight excluding hydrogens is 292 g/mol. The van der Waals surface area contributed by atoms with Gasteiger partial charge in [0.25, 0.3) is 0 Å². The molecule has 0 saturated carbocycles. The lowest BCUT2D eigenvalue weighted by Gasteiger charge is -2.06. The van der Waals surface area contributed by atoms with E-state index >= 15 is 0 Å². The third-order valence-electron chi connectivity index (χ3n) is 4.48. The summed E-state index contributed by atoms with van der Waals surface area (Å²) in [6.07, 6.45) is 3.15. The Morgan fingerprint density at radius 1 is 1.09 bits per heavy atom. The number of hydrogen-bond donors (Lipinski definition) is 0. The molecule has 0 amide bonds. The highest BCUT2D eigenvalue weighted by atomic mass is 32.1. The molecule has 22 heavy (non-hydrogen) atoms. The minimum Gasteiger partial charge on any atom is -0.187 e. The summed E-state index contributed by atoms with van der Waals surface area (Å²) < 4.78 is 1.88. The molecule has 5 rings (SSSR count). The standard InChI is InChI=1S/C17H14N4S/c1-2-14-18-19-17-21(14)20-16(22-17)13-9-8-11-7-6-10-4-3-5-12(13)15(10)11/h3-5,8-9H,2,6-7H2,1H3. The minimum atomic E-state index is 0.841. The lowest BCUT2D eigenvalue weighted by molar-refractivity contribution is 0.838. The van der Waals surface area contributed by atoms with E-state index in [2.05, 4.69) is 47.5 Å². The van der Waals surface area contributed by atoms with E-state index in [1.54, 1.807) is 11.3 Å². The molecule has 0 bridgehead atoms. The fraction of sp³-hybridized carbons (Fsp3) is 0.235. The van der Waals surface area contributed by atoms with Crippen molar-refractivity contribution < 1.29 is 0 Å². The number of rotatable bonds is 2. The fourth-order valence-electron chi connectivity index (χ4n) is 3.42. The largest absolute Gasteiger partial charge is 0.234 e. The van der Waals surface area contributed by atoms with Gasteiger partial charge in [-0.25, -0.2) is 0 Å². The summed E-state index contributed by atoms with van der Waals surface area (Å²) in [5.41, 5.74) is 4.14. The van der Waals surface area contributed by atoms with E-state index in [-0.39, 0.29) is 0 Å². The highest BCUT2D eigenvalue weighted by Crippen LogP contribution is 2.38. The van der Waals surface area contributed by atoms with Crippen molar-refractivity contribution in [3.05, 3.63) is 47.3 Å². The first-order valence-corrected chi connectivity index (χ1v) is 8.42. The van der Waals surface area contributed by atoms with E-state index < -0.39 is 0 Å². The van der Waals surface area contributed by atoms with Gasteiger partial charge in [0, 0.05) is 12.0 Å². The van der Waals surface area contributed by atoms with E-state index in [4.69, 9.17) is 5.10 Å². The van der Waals surface area contributed by atoms with E-state index in [1.165, 1.54) is 27.5 Å². The first-order chi connectivity index (χ1) is 10.8. The van der Waals surface area contributed by atoms with Crippen molar-refractivity contribution in [3.63, 3.8) is 0 Å². The Hall–Kier alpha value is -2.27. The summed E-state index contributed by atoms with van der Waals surface area (Å²) in [5.74, 6) is 0.920. The van der Waals surface area contributed by atoms with E-state index in [1.807, 2.05) is 4.52 Å². The summed E-state index contributed by atoms with van der Waals surface area (Å²) in [7, 11) is 0. The fourth-order valence-corrected chi connectivity index (χ4v) is 4.32. The zero-order valence-electron chi connectivity index (χ0n) is 12.2. The summed E-state index contributed by atoms with van der Waals surface area (Å²) in [6.45, 7) is 2.08. The summed E-state index contributed by atoms with van der Waals surface area (Å²) in [5, 5.41) is 16.9. The van der Waals surface area contributed by atoms with Gasteiger partial charge in [-0.05, 0) is 34.7 Å². The highest BCUT2D eigenvalue weighted by Gasteiger charge is 2.19. The van der Waals surface area contributed by atoms with E-state index in [0.29, 0.717) is 0 Å².